The van der Waals surface area contributed by atoms with E-state index in [1.165, 1.54) is 12.1 Å². The van der Waals surface area contributed by atoms with E-state index in [1.54, 1.807) is 6.07 Å². The number of halogens is 1. The van der Waals surface area contributed by atoms with Gasteiger partial charge >= 0.3 is 5.97 Å². The van der Waals surface area contributed by atoms with Gasteiger partial charge in [-0.2, -0.15) is 0 Å². The van der Waals surface area contributed by atoms with Gasteiger partial charge < -0.3 is 4.74 Å². The van der Waals surface area contributed by atoms with Crippen LogP contribution in [0.3, 0.4) is 0 Å². The highest BCUT2D eigenvalue weighted by atomic mass is 19.1. The van der Waals surface area contributed by atoms with Gasteiger partial charge in [0, 0.05) is 0 Å². The predicted molar refractivity (Wildman–Crippen MR) is 85.0 cm³/mol. The minimum atomic E-state index is -0.812. The van der Waals surface area contributed by atoms with Gasteiger partial charge in [-0.1, -0.05) is 43.3 Å². The Morgan fingerprint density at radius 1 is 1.14 bits per heavy atom. The molecular weight excluding hydrogens is 279 g/mol. The molecule has 2 aromatic carbocycles. The zero-order chi connectivity index (χ0) is 16.2. The number of carbonyl (C=O) groups is 1. The van der Waals surface area contributed by atoms with Crippen molar-refractivity contribution in [2.45, 2.75) is 39.2 Å². The average molecular weight is 300 g/mol. The summed E-state index contributed by atoms with van der Waals surface area (Å²) in [5.74, 6) is -0.591. The standard InChI is InChI=1S/C19H21FO2/c1-4-15-12-16(20)10-11-17(15)19(2,3)18(21)22-13-14-8-6-5-7-9-14/h5-12H,4,13H2,1-3H3. The molecular formula is C19H21FO2. The molecule has 0 unspecified atom stereocenters. The Bertz CT molecular complexity index is 648. The first kappa shape index (κ1) is 16.2. The molecule has 0 heterocycles. The van der Waals surface area contributed by atoms with Crippen molar-refractivity contribution >= 4 is 5.97 Å². The molecule has 0 fully saturated rings. The lowest BCUT2D eigenvalue weighted by Gasteiger charge is -2.25. The summed E-state index contributed by atoms with van der Waals surface area (Å²) in [6.07, 6.45) is 0.669. The second-order valence-corrected chi connectivity index (χ2v) is 5.84. The molecule has 0 radical (unpaired) electrons. The summed E-state index contributed by atoms with van der Waals surface area (Å²) < 4.78 is 18.8. The van der Waals surface area contributed by atoms with Gasteiger partial charge in [-0.3, -0.25) is 4.79 Å². The second kappa shape index (κ2) is 6.73. The largest absolute Gasteiger partial charge is 0.460 e. The van der Waals surface area contributed by atoms with Gasteiger partial charge in [0.15, 0.2) is 0 Å². The fraction of sp³-hybridized carbons (Fsp3) is 0.316. The Morgan fingerprint density at radius 3 is 2.45 bits per heavy atom. The van der Waals surface area contributed by atoms with Crippen molar-refractivity contribution in [2.24, 2.45) is 0 Å². The monoisotopic (exact) mass is 300 g/mol. The van der Waals surface area contributed by atoms with Gasteiger partial charge in [-0.25, -0.2) is 4.39 Å². The third-order valence-electron chi connectivity index (χ3n) is 3.84. The minimum Gasteiger partial charge on any atom is -0.460 e. The molecule has 2 aromatic rings. The number of benzene rings is 2. The fourth-order valence-corrected chi connectivity index (χ4v) is 2.48. The summed E-state index contributed by atoms with van der Waals surface area (Å²) in [6, 6.07) is 14.1. The normalized spacial score (nSPS) is 11.3. The van der Waals surface area contributed by atoms with Crippen molar-refractivity contribution in [1.29, 1.82) is 0 Å². The molecule has 0 N–H and O–H groups in total. The van der Waals surface area contributed by atoms with Gasteiger partial charge in [0.1, 0.15) is 12.4 Å². The van der Waals surface area contributed by atoms with E-state index in [-0.39, 0.29) is 18.4 Å². The molecule has 2 nitrogen and oxygen atoms in total. The van der Waals surface area contributed by atoms with Crippen LogP contribution < -0.4 is 0 Å². The van der Waals surface area contributed by atoms with Crippen LogP contribution in [-0.4, -0.2) is 5.97 Å². The van der Waals surface area contributed by atoms with Crippen LogP contribution in [0.15, 0.2) is 48.5 Å². The van der Waals surface area contributed by atoms with Crippen molar-refractivity contribution in [3.63, 3.8) is 0 Å². The Labute approximate surface area is 130 Å². The van der Waals surface area contributed by atoms with Crippen LogP contribution in [-0.2, 0) is 28.0 Å². The van der Waals surface area contributed by atoms with Gasteiger partial charge in [0.2, 0.25) is 0 Å². The van der Waals surface area contributed by atoms with Crippen LogP contribution in [0, 0.1) is 5.82 Å². The highest BCUT2D eigenvalue weighted by molar-refractivity contribution is 5.82. The highest BCUT2D eigenvalue weighted by Crippen LogP contribution is 2.29. The molecule has 0 aromatic heterocycles. The maximum atomic E-state index is 13.4. The van der Waals surface area contributed by atoms with Crippen molar-refractivity contribution in [3.05, 3.63) is 71.0 Å². The van der Waals surface area contributed by atoms with Gasteiger partial charge in [-0.05, 0) is 49.1 Å². The maximum absolute atomic E-state index is 13.4. The Balaban J connectivity index is 2.17. The minimum absolute atomic E-state index is 0.242. The van der Waals surface area contributed by atoms with Crippen molar-refractivity contribution in [3.8, 4) is 0 Å². The van der Waals surface area contributed by atoms with E-state index in [0.717, 1.165) is 16.7 Å². The molecule has 2 rings (SSSR count). The molecule has 3 heteroatoms. The van der Waals surface area contributed by atoms with E-state index in [4.69, 9.17) is 4.74 Å². The van der Waals surface area contributed by atoms with Crippen LogP contribution in [0.5, 0.6) is 0 Å². The summed E-state index contributed by atoms with van der Waals surface area (Å²) in [6.45, 7) is 5.81. The van der Waals surface area contributed by atoms with Crippen molar-refractivity contribution in [1.82, 2.24) is 0 Å². The SMILES string of the molecule is CCc1cc(F)ccc1C(C)(C)C(=O)OCc1ccccc1. The number of hydrogen-bond donors (Lipinski definition) is 0. The van der Waals surface area contributed by atoms with E-state index in [0.29, 0.717) is 6.42 Å². The van der Waals surface area contributed by atoms with Gasteiger partial charge in [0.25, 0.3) is 0 Å². The number of esters is 1. The molecule has 22 heavy (non-hydrogen) atoms. The molecule has 0 saturated carbocycles. The average Bonchev–Trinajstić information content (AvgIpc) is 2.53. The number of carbonyl (C=O) groups excluding carboxylic acids is 1. The van der Waals surface area contributed by atoms with Crippen molar-refractivity contribution in [2.75, 3.05) is 0 Å². The second-order valence-electron chi connectivity index (χ2n) is 5.84. The Kier molecular flexibility index (Phi) is 4.96. The summed E-state index contributed by atoms with van der Waals surface area (Å²) >= 11 is 0. The molecule has 116 valence electrons. The number of hydrogen-bond acceptors (Lipinski definition) is 2. The maximum Gasteiger partial charge on any atom is 0.316 e. The molecule has 0 amide bonds. The number of rotatable bonds is 5. The third-order valence-corrected chi connectivity index (χ3v) is 3.84. The van der Waals surface area contributed by atoms with Gasteiger partial charge in [-0.15, -0.1) is 0 Å². The highest BCUT2D eigenvalue weighted by Gasteiger charge is 2.33. The van der Waals surface area contributed by atoms with Crippen LogP contribution in [0.1, 0.15) is 37.5 Å². The van der Waals surface area contributed by atoms with E-state index in [9.17, 15) is 9.18 Å². The summed E-state index contributed by atoms with van der Waals surface area (Å²) in [4.78, 5) is 12.5. The van der Waals surface area contributed by atoms with Crippen LogP contribution >= 0.6 is 0 Å². The first-order valence-electron chi connectivity index (χ1n) is 7.45. The Morgan fingerprint density at radius 2 is 1.82 bits per heavy atom. The van der Waals surface area contributed by atoms with Gasteiger partial charge in [0.05, 0.1) is 5.41 Å². The quantitative estimate of drug-likeness (QED) is 0.765. The van der Waals surface area contributed by atoms with E-state index in [2.05, 4.69) is 0 Å². The first-order valence-corrected chi connectivity index (χ1v) is 7.45. The lowest BCUT2D eigenvalue weighted by atomic mass is 9.81. The third kappa shape index (κ3) is 3.53. The van der Waals surface area contributed by atoms with Crippen LogP contribution in [0.25, 0.3) is 0 Å². The molecule has 0 aliphatic heterocycles. The van der Waals surface area contributed by atoms with Crippen LogP contribution in [0.4, 0.5) is 4.39 Å². The molecule has 0 spiro atoms. The molecule has 0 bridgehead atoms. The topological polar surface area (TPSA) is 26.3 Å². The fourth-order valence-electron chi connectivity index (χ4n) is 2.48. The zero-order valence-corrected chi connectivity index (χ0v) is 13.2. The van der Waals surface area contributed by atoms with E-state index < -0.39 is 5.41 Å². The predicted octanol–water partition coefficient (Wildman–Crippen LogP) is 4.41. The summed E-state index contributed by atoms with van der Waals surface area (Å²) in [5.41, 5.74) is 1.78. The molecule has 0 aliphatic carbocycles. The first-order chi connectivity index (χ1) is 10.4. The number of ether oxygens (including phenoxy) is 1. The molecule has 0 saturated heterocycles. The molecule has 0 atom stereocenters. The zero-order valence-electron chi connectivity index (χ0n) is 13.2. The van der Waals surface area contributed by atoms with E-state index in [1.807, 2.05) is 51.1 Å². The van der Waals surface area contributed by atoms with E-state index >= 15 is 0 Å². The van der Waals surface area contributed by atoms with Crippen LogP contribution in [0.2, 0.25) is 0 Å². The van der Waals surface area contributed by atoms with Crippen molar-refractivity contribution < 1.29 is 13.9 Å². The molecule has 0 aliphatic rings. The lowest BCUT2D eigenvalue weighted by Crippen LogP contribution is -2.32. The smallest absolute Gasteiger partial charge is 0.316 e. The summed E-state index contributed by atoms with van der Waals surface area (Å²) in [5, 5.41) is 0. The Hall–Kier alpha value is -2.16. The number of aryl methyl sites for hydroxylation is 1. The lowest BCUT2D eigenvalue weighted by molar-refractivity contribution is -0.150. The summed E-state index contributed by atoms with van der Waals surface area (Å²) in [7, 11) is 0.